The largest absolute Gasteiger partial charge is 0.467 e. The topological polar surface area (TPSA) is 42.4 Å². The Kier molecular flexibility index (Phi) is 4.78. The number of amides is 1. The summed E-state index contributed by atoms with van der Waals surface area (Å²) in [5.41, 5.74) is 0.869. The number of likely N-dealkylation sites (tertiary alicyclic amines) is 1. The number of piperidine rings is 1. The van der Waals surface area contributed by atoms with Crippen molar-refractivity contribution in [2.75, 3.05) is 13.1 Å². The molecule has 0 saturated carbocycles. The Balaban J connectivity index is 1.40. The number of nitrogens with zero attached hydrogens (tertiary/aromatic N) is 2. The van der Waals surface area contributed by atoms with Gasteiger partial charge in [-0.25, -0.2) is 9.37 Å². The number of rotatable bonds is 3. The molecular formula is C19H16ClFN2O2S. The van der Waals surface area contributed by atoms with Gasteiger partial charge < -0.3 is 9.64 Å². The lowest BCUT2D eigenvalue weighted by Crippen LogP contribution is -2.42. The lowest BCUT2D eigenvalue weighted by molar-refractivity contribution is 0.0591. The smallest absolute Gasteiger partial charge is 0.274 e. The molecule has 1 fully saturated rings. The summed E-state index contributed by atoms with van der Waals surface area (Å²) in [4.78, 5) is 18.7. The van der Waals surface area contributed by atoms with Gasteiger partial charge in [-0.05, 0) is 24.3 Å². The monoisotopic (exact) mass is 390 g/mol. The number of hydrogen-bond donors (Lipinski definition) is 0. The number of aromatic nitrogens is 1. The van der Waals surface area contributed by atoms with Crippen LogP contribution in [0.3, 0.4) is 0 Å². The van der Waals surface area contributed by atoms with Crippen molar-refractivity contribution in [3.05, 3.63) is 58.9 Å². The van der Waals surface area contributed by atoms with Gasteiger partial charge in [0.2, 0.25) is 0 Å². The summed E-state index contributed by atoms with van der Waals surface area (Å²) in [7, 11) is 0. The van der Waals surface area contributed by atoms with Gasteiger partial charge in [0.1, 0.15) is 11.9 Å². The molecule has 1 aliphatic rings. The van der Waals surface area contributed by atoms with Gasteiger partial charge in [-0.1, -0.05) is 41.1 Å². The van der Waals surface area contributed by atoms with Crippen LogP contribution in [0.5, 0.6) is 5.19 Å². The minimum absolute atomic E-state index is 0.00398. The highest BCUT2D eigenvalue weighted by atomic mass is 35.5. The molecule has 0 atom stereocenters. The Bertz CT molecular complexity index is 900. The lowest BCUT2D eigenvalue weighted by atomic mass is 10.1. The van der Waals surface area contributed by atoms with E-state index in [1.165, 1.54) is 29.5 Å². The second-order valence-corrected chi connectivity index (χ2v) is 7.55. The molecule has 1 saturated heterocycles. The second kappa shape index (κ2) is 7.21. The highest BCUT2D eigenvalue weighted by Crippen LogP contribution is 2.30. The molecule has 0 unspecified atom stereocenters. The van der Waals surface area contributed by atoms with E-state index in [0.29, 0.717) is 31.1 Å². The summed E-state index contributed by atoms with van der Waals surface area (Å²) in [6.07, 6.45) is 1.34. The number of hydrogen-bond acceptors (Lipinski definition) is 4. The number of halogens is 2. The number of benzene rings is 2. The Morgan fingerprint density at radius 2 is 1.96 bits per heavy atom. The highest BCUT2D eigenvalue weighted by molar-refractivity contribution is 7.20. The van der Waals surface area contributed by atoms with Crippen molar-refractivity contribution < 1.29 is 13.9 Å². The molecule has 0 aliphatic carbocycles. The second-order valence-electron chi connectivity index (χ2n) is 6.15. The highest BCUT2D eigenvalue weighted by Gasteiger charge is 2.28. The molecule has 4 nitrogen and oxygen atoms in total. The van der Waals surface area contributed by atoms with E-state index in [9.17, 15) is 9.18 Å². The summed E-state index contributed by atoms with van der Waals surface area (Å²) in [5, 5.41) is 0.788. The van der Waals surface area contributed by atoms with E-state index >= 15 is 0 Å². The molecule has 134 valence electrons. The van der Waals surface area contributed by atoms with Crippen LogP contribution in [0, 0.1) is 5.82 Å². The molecule has 3 aromatic rings. The van der Waals surface area contributed by atoms with Crippen LogP contribution in [0.15, 0.2) is 42.5 Å². The van der Waals surface area contributed by atoms with Crippen LogP contribution in [-0.2, 0) is 0 Å². The summed E-state index contributed by atoms with van der Waals surface area (Å²) < 4.78 is 21.0. The number of carbonyl (C=O) groups is 1. The maximum absolute atomic E-state index is 14.0. The van der Waals surface area contributed by atoms with Crippen LogP contribution >= 0.6 is 22.9 Å². The molecular weight excluding hydrogens is 375 g/mol. The number of ether oxygens (including phenoxy) is 1. The van der Waals surface area contributed by atoms with Gasteiger partial charge in [-0.3, -0.25) is 4.79 Å². The van der Waals surface area contributed by atoms with Crippen molar-refractivity contribution in [2.24, 2.45) is 0 Å². The Hall–Kier alpha value is -2.18. The van der Waals surface area contributed by atoms with Crippen molar-refractivity contribution in [3.8, 4) is 5.19 Å². The van der Waals surface area contributed by atoms with Crippen LogP contribution in [0.2, 0.25) is 5.02 Å². The molecule has 1 aromatic heterocycles. The average Bonchev–Trinajstić information content (AvgIpc) is 3.04. The maximum atomic E-state index is 14.0. The molecule has 0 bridgehead atoms. The fourth-order valence-electron chi connectivity index (χ4n) is 3.08. The number of para-hydroxylation sites is 1. The van der Waals surface area contributed by atoms with Gasteiger partial charge in [-0.15, -0.1) is 0 Å². The van der Waals surface area contributed by atoms with Gasteiger partial charge in [0.05, 0.1) is 20.8 Å². The van der Waals surface area contributed by atoms with Crippen molar-refractivity contribution >= 4 is 39.1 Å². The summed E-state index contributed by atoms with van der Waals surface area (Å²) in [5.74, 6) is -0.957. The molecule has 1 amide bonds. The number of thiazole rings is 1. The SMILES string of the molecule is O=C(c1c(F)cccc1Cl)N1CCC(Oc2nc3ccccc3s2)CC1. The molecule has 26 heavy (non-hydrogen) atoms. The van der Waals surface area contributed by atoms with Gasteiger partial charge in [0.15, 0.2) is 0 Å². The third kappa shape index (κ3) is 3.39. The van der Waals surface area contributed by atoms with Crippen molar-refractivity contribution in [3.63, 3.8) is 0 Å². The van der Waals surface area contributed by atoms with E-state index in [2.05, 4.69) is 4.98 Å². The normalized spacial score (nSPS) is 15.4. The molecule has 7 heteroatoms. The summed E-state index contributed by atoms with van der Waals surface area (Å²) >= 11 is 7.52. The average molecular weight is 391 g/mol. The van der Waals surface area contributed by atoms with Crippen LogP contribution < -0.4 is 4.74 Å². The Labute approximate surface area is 159 Å². The fourth-order valence-corrected chi connectivity index (χ4v) is 4.21. The standard InChI is InChI=1S/C19H16ClFN2O2S/c20-13-4-3-5-14(21)17(13)18(24)23-10-8-12(9-11-23)25-19-22-15-6-1-2-7-16(15)26-19/h1-7,12H,8-11H2. The summed E-state index contributed by atoms with van der Waals surface area (Å²) in [6, 6.07) is 12.2. The van der Waals surface area contributed by atoms with Crippen LogP contribution in [-0.4, -0.2) is 35.0 Å². The van der Waals surface area contributed by atoms with Gasteiger partial charge in [0.25, 0.3) is 11.1 Å². The van der Waals surface area contributed by atoms with Gasteiger partial charge >= 0.3 is 0 Å². The lowest BCUT2D eigenvalue weighted by Gasteiger charge is -2.31. The van der Waals surface area contributed by atoms with Gasteiger partial charge in [0, 0.05) is 25.9 Å². The fraction of sp³-hybridized carbons (Fsp3) is 0.263. The number of carbonyl (C=O) groups excluding carboxylic acids is 1. The van der Waals surface area contributed by atoms with Crippen LogP contribution in [0.25, 0.3) is 10.2 Å². The van der Waals surface area contributed by atoms with E-state index in [-0.39, 0.29) is 22.6 Å². The van der Waals surface area contributed by atoms with E-state index < -0.39 is 5.82 Å². The van der Waals surface area contributed by atoms with Crippen LogP contribution in [0.4, 0.5) is 4.39 Å². The minimum atomic E-state index is -0.588. The Morgan fingerprint density at radius 1 is 1.19 bits per heavy atom. The third-order valence-electron chi connectivity index (χ3n) is 4.45. The minimum Gasteiger partial charge on any atom is -0.467 e. The van der Waals surface area contributed by atoms with Crippen LogP contribution in [0.1, 0.15) is 23.2 Å². The molecule has 1 aliphatic heterocycles. The zero-order valence-corrected chi connectivity index (χ0v) is 15.4. The predicted molar refractivity (Wildman–Crippen MR) is 101 cm³/mol. The van der Waals surface area contributed by atoms with E-state index in [4.69, 9.17) is 16.3 Å². The van der Waals surface area contributed by atoms with Gasteiger partial charge in [-0.2, -0.15) is 0 Å². The third-order valence-corrected chi connectivity index (χ3v) is 5.69. The Morgan fingerprint density at radius 3 is 2.69 bits per heavy atom. The summed E-state index contributed by atoms with van der Waals surface area (Å²) in [6.45, 7) is 0.998. The van der Waals surface area contributed by atoms with Crippen molar-refractivity contribution in [2.45, 2.75) is 18.9 Å². The first-order chi connectivity index (χ1) is 12.6. The van der Waals surface area contributed by atoms with E-state index in [1.54, 1.807) is 4.90 Å². The first-order valence-electron chi connectivity index (χ1n) is 8.37. The first-order valence-corrected chi connectivity index (χ1v) is 9.57. The quantitative estimate of drug-likeness (QED) is 0.646. The van der Waals surface area contributed by atoms with Crippen molar-refractivity contribution in [1.29, 1.82) is 0 Å². The molecule has 0 radical (unpaired) electrons. The van der Waals surface area contributed by atoms with E-state index in [1.807, 2.05) is 24.3 Å². The van der Waals surface area contributed by atoms with E-state index in [0.717, 1.165) is 10.2 Å². The predicted octanol–water partition coefficient (Wildman–Crippen LogP) is 4.77. The molecule has 0 N–H and O–H groups in total. The molecule has 0 spiro atoms. The maximum Gasteiger partial charge on any atom is 0.274 e. The molecule has 2 aromatic carbocycles. The molecule has 4 rings (SSSR count). The zero-order chi connectivity index (χ0) is 18.1. The first kappa shape index (κ1) is 17.2. The number of fused-ring (bicyclic) bond motifs is 1. The zero-order valence-electron chi connectivity index (χ0n) is 13.8. The molecule has 2 heterocycles. The van der Waals surface area contributed by atoms with Crippen molar-refractivity contribution in [1.82, 2.24) is 9.88 Å².